The van der Waals surface area contributed by atoms with Crippen LogP contribution in [0.15, 0.2) is 84.9 Å². The molecule has 1 amide bonds. The number of carbonyl (C=O) groups excluding carboxylic acids is 1. The average molecular weight is 607 g/mol. The molecule has 0 saturated carbocycles. The van der Waals surface area contributed by atoms with Crippen molar-refractivity contribution in [3.05, 3.63) is 107 Å². The van der Waals surface area contributed by atoms with Gasteiger partial charge in [-0.3, -0.25) is 4.79 Å². The molecule has 0 aromatic heterocycles. The summed E-state index contributed by atoms with van der Waals surface area (Å²) in [6, 6.07) is 28.8. The van der Waals surface area contributed by atoms with Gasteiger partial charge in [0, 0.05) is 32.6 Å². The first-order chi connectivity index (χ1) is 21.7. The first-order valence-electron chi connectivity index (χ1n) is 15.7. The van der Waals surface area contributed by atoms with Gasteiger partial charge in [-0.25, -0.2) is 0 Å². The Morgan fingerprint density at radius 2 is 1.09 bits per heavy atom. The van der Waals surface area contributed by atoms with Gasteiger partial charge in [0.2, 0.25) is 5.91 Å². The molecule has 0 heterocycles. The highest BCUT2D eigenvalue weighted by molar-refractivity contribution is 5.76. The number of hydrogen-bond acceptors (Lipinski definition) is 7. The van der Waals surface area contributed by atoms with Gasteiger partial charge in [-0.15, -0.1) is 0 Å². The van der Waals surface area contributed by atoms with E-state index in [1.807, 2.05) is 53.4 Å². The summed E-state index contributed by atoms with van der Waals surface area (Å²) in [7, 11) is 0. The second-order valence-electron chi connectivity index (χ2n) is 10.5. The van der Waals surface area contributed by atoms with E-state index in [1.165, 1.54) is 16.7 Å². The van der Waals surface area contributed by atoms with Crippen molar-refractivity contribution in [3.8, 4) is 0 Å². The van der Waals surface area contributed by atoms with E-state index in [0.29, 0.717) is 85.6 Å². The SMILES string of the molecule is Cc1ccc(CCC(=O)N(CCOCCOCCOCCOCCOCCNCc2ccccc2)Cc2ccccc2)cc1. The van der Waals surface area contributed by atoms with Crippen LogP contribution in [-0.4, -0.2) is 90.0 Å². The maximum Gasteiger partial charge on any atom is 0.223 e. The number of carbonyl (C=O) groups is 1. The molecule has 1 N–H and O–H groups in total. The Kier molecular flexibility index (Phi) is 18.7. The van der Waals surface area contributed by atoms with E-state index in [0.717, 1.165) is 25.1 Å². The van der Waals surface area contributed by atoms with Crippen molar-refractivity contribution >= 4 is 5.91 Å². The Bertz CT molecular complexity index is 1110. The van der Waals surface area contributed by atoms with Crippen LogP contribution >= 0.6 is 0 Å². The molecule has 0 saturated heterocycles. The maximum atomic E-state index is 13.1. The van der Waals surface area contributed by atoms with Crippen molar-refractivity contribution in [1.29, 1.82) is 0 Å². The van der Waals surface area contributed by atoms with E-state index in [9.17, 15) is 4.79 Å². The largest absolute Gasteiger partial charge is 0.378 e. The van der Waals surface area contributed by atoms with Crippen molar-refractivity contribution in [3.63, 3.8) is 0 Å². The minimum atomic E-state index is 0.134. The minimum absolute atomic E-state index is 0.134. The molecule has 44 heavy (non-hydrogen) atoms. The van der Waals surface area contributed by atoms with Gasteiger partial charge in [0.25, 0.3) is 0 Å². The Hall–Kier alpha value is -3.11. The molecular weight excluding hydrogens is 556 g/mol. The minimum Gasteiger partial charge on any atom is -0.378 e. The summed E-state index contributed by atoms with van der Waals surface area (Å²) in [6.45, 7) is 10.1. The second-order valence-corrected chi connectivity index (χ2v) is 10.5. The van der Waals surface area contributed by atoms with Crippen LogP contribution < -0.4 is 5.32 Å². The number of hydrogen-bond donors (Lipinski definition) is 1. The number of benzene rings is 3. The topological polar surface area (TPSA) is 78.5 Å². The monoisotopic (exact) mass is 606 g/mol. The van der Waals surface area contributed by atoms with E-state index in [2.05, 4.69) is 48.6 Å². The van der Waals surface area contributed by atoms with Crippen molar-refractivity contribution in [2.24, 2.45) is 0 Å². The third-order valence-electron chi connectivity index (χ3n) is 6.91. The first kappa shape index (κ1) is 35.4. The van der Waals surface area contributed by atoms with Crippen molar-refractivity contribution < 1.29 is 28.5 Å². The van der Waals surface area contributed by atoms with E-state index < -0.39 is 0 Å². The normalized spacial score (nSPS) is 11.1. The van der Waals surface area contributed by atoms with Crippen molar-refractivity contribution in [2.75, 3.05) is 79.2 Å². The van der Waals surface area contributed by atoms with E-state index in [4.69, 9.17) is 23.7 Å². The molecule has 8 heteroatoms. The molecule has 0 spiro atoms. The number of nitrogens with one attached hydrogen (secondary N) is 1. The lowest BCUT2D eigenvalue weighted by Crippen LogP contribution is -2.34. The number of aryl methyl sites for hydroxylation is 2. The number of nitrogens with zero attached hydrogens (tertiary/aromatic N) is 1. The Morgan fingerprint density at radius 3 is 1.66 bits per heavy atom. The van der Waals surface area contributed by atoms with Crippen LogP contribution in [0.3, 0.4) is 0 Å². The standard InChI is InChI=1S/C36H50N2O6/c1-32-12-14-33(15-13-32)16-17-36(39)38(31-35-10-6-3-7-11-35)19-21-41-23-25-43-27-29-44-28-26-42-24-22-40-20-18-37-30-34-8-4-2-5-9-34/h2-15,37H,16-31H2,1H3. The molecule has 3 aromatic carbocycles. The average Bonchev–Trinajstić information content (AvgIpc) is 3.05. The lowest BCUT2D eigenvalue weighted by atomic mass is 10.1. The zero-order valence-corrected chi connectivity index (χ0v) is 26.3. The van der Waals surface area contributed by atoms with Gasteiger partial charge in [-0.05, 0) is 30.0 Å². The van der Waals surface area contributed by atoms with E-state index in [1.54, 1.807) is 0 Å². The predicted octanol–water partition coefficient (Wildman–Crippen LogP) is 4.83. The molecule has 0 radical (unpaired) electrons. The van der Waals surface area contributed by atoms with Gasteiger partial charge in [0.05, 0.1) is 66.1 Å². The van der Waals surface area contributed by atoms with Gasteiger partial charge >= 0.3 is 0 Å². The summed E-state index contributed by atoms with van der Waals surface area (Å²) in [6.07, 6.45) is 1.21. The molecule has 0 atom stereocenters. The highest BCUT2D eigenvalue weighted by Gasteiger charge is 2.14. The predicted molar refractivity (Wildman–Crippen MR) is 174 cm³/mol. The molecule has 0 unspecified atom stereocenters. The lowest BCUT2D eigenvalue weighted by molar-refractivity contribution is -0.132. The van der Waals surface area contributed by atoms with Crippen molar-refractivity contribution in [1.82, 2.24) is 10.2 Å². The fourth-order valence-electron chi connectivity index (χ4n) is 4.39. The van der Waals surface area contributed by atoms with Crippen LogP contribution in [-0.2, 0) is 48.0 Å². The molecule has 240 valence electrons. The smallest absolute Gasteiger partial charge is 0.223 e. The van der Waals surface area contributed by atoms with Crippen LogP contribution in [0.4, 0.5) is 0 Å². The summed E-state index contributed by atoms with van der Waals surface area (Å²) in [5, 5.41) is 3.36. The number of ether oxygens (including phenoxy) is 5. The summed E-state index contributed by atoms with van der Waals surface area (Å²) in [4.78, 5) is 14.9. The summed E-state index contributed by atoms with van der Waals surface area (Å²) in [5.41, 5.74) is 4.78. The molecule has 0 bridgehead atoms. The molecule has 0 aliphatic rings. The quantitative estimate of drug-likeness (QED) is 0.139. The zero-order valence-electron chi connectivity index (χ0n) is 26.3. The summed E-state index contributed by atoms with van der Waals surface area (Å²) >= 11 is 0. The highest BCUT2D eigenvalue weighted by Crippen LogP contribution is 2.10. The van der Waals surface area contributed by atoms with E-state index in [-0.39, 0.29) is 5.91 Å². The molecule has 8 nitrogen and oxygen atoms in total. The van der Waals surface area contributed by atoms with Crippen LogP contribution in [0.25, 0.3) is 0 Å². The molecule has 3 rings (SSSR count). The van der Waals surface area contributed by atoms with Gasteiger partial charge in [-0.2, -0.15) is 0 Å². The molecule has 0 aliphatic heterocycles. The third-order valence-corrected chi connectivity index (χ3v) is 6.91. The van der Waals surface area contributed by atoms with Crippen LogP contribution in [0.5, 0.6) is 0 Å². The molecule has 3 aromatic rings. The van der Waals surface area contributed by atoms with Gasteiger partial charge in [0.15, 0.2) is 0 Å². The summed E-state index contributed by atoms with van der Waals surface area (Å²) < 4.78 is 28.0. The van der Waals surface area contributed by atoms with Crippen LogP contribution in [0.1, 0.15) is 28.7 Å². The number of rotatable bonds is 25. The Balaban J connectivity index is 1.13. The second kappa shape index (κ2) is 23.3. The molecule has 0 aliphatic carbocycles. The maximum absolute atomic E-state index is 13.1. The van der Waals surface area contributed by atoms with E-state index >= 15 is 0 Å². The first-order valence-corrected chi connectivity index (χ1v) is 15.7. The molecular formula is C36H50N2O6. The highest BCUT2D eigenvalue weighted by atomic mass is 16.6. The van der Waals surface area contributed by atoms with Gasteiger partial charge < -0.3 is 33.9 Å². The Labute approximate surface area is 263 Å². The lowest BCUT2D eigenvalue weighted by Gasteiger charge is -2.23. The fourth-order valence-corrected chi connectivity index (χ4v) is 4.39. The van der Waals surface area contributed by atoms with Crippen LogP contribution in [0, 0.1) is 6.92 Å². The third kappa shape index (κ3) is 16.7. The zero-order chi connectivity index (χ0) is 30.9. The molecule has 0 fully saturated rings. The summed E-state index contributed by atoms with van der Waals surface area (Å²) in [5.74, 6) is 0.134. The Morgan fingerprint density at radius 1 is 0.591 bits per heavy atom. The van der Waals surface area contributed by atoms with Crippen molar-refractivity contribution in [2.45, 2.75) is 32.9 Å². The fraction of sp³-hybridized carbons (Fsp3) is 0.472. The van der Waals surface area contributed by atoms with Gasteiger partial charge in [-0.1, -0.05) is 90.5 Å². The van der Waals surface area contributed by atoms with Crippen LogP contribution in [0.2, 0.25) is 0 Å². The van der Waals surface area contributed by atoms with Gasteiger partial charge in [0.1, 0.15) is 0 Å². The number of amides is 1.